The van der Waals surface area contributed by atoms with Gasteiger partial charge in [-0.05, 0) is 102 Å². The first-order chi connectivity index (χ1) is 14.7. The molecule has 0 radical (unpaired) electrons. The summed E-state index contributed by atoms with van der Waals surface area (Å²) in [5, 5.41) is 2.33. The van der Waals surface area contributed by atoms with Crippen LogP contribution in [0.4, 0.5) is 26.3 Å². The number of amides is 1. The van der Waals surface area contributed by atoms with E-state index in [1.54, 1.807) is 0 Å². The third kappa shape index (κ3) is 4.67. The zero-order chi connectivity index (χ0) is 23.9. The second kappa shape index (κ2) is 8.81. The lowest BCUT2D eigenvalue weighted by Crippen LogP contribution is -2.59. The molecule has 2 fully saturated rings. The number of likely N-dealkylation sites (tertiary alicyclic amines) is 2. The number of alkyl halides is 6. The van der Waals surface area contributed by atoms with Gasteiger partial charge in [0.2, 0.25) is 5.91 Å². The first-order valence-electron chi connectivity index (χ1n) is 11.2. The van der Waals surface area contributed by atoms with E-state index >= 15 is 0 Å². The lowest BCUT2D eigenvalue weighted by Gasteiger charge is -2.57. The van der Waals surface area contributed by atoms with Crippen LogP contribution in [0.25, 0.3) is 0 Å². The fourth-order valence-corrected chi connectivity index (χ4v) is 6.24. The Kier molecular flexibility index (Phi) is 6.98. The molecule has 184 valence electrons. The molecule has 0 spiro atoms. The molecule has 0 atom stereocenters. The van der Waals surface area contributed by atoms with E-state index < -0.39 is 35.5 Å². The molecule has 0 bridgehead atoms. The van der Waals surface area contributed by atoms with Crippen molar-refractivity contribution in [1.29, 1.82) is 0 Å². The van der Waals surface area contributed by atoms with Crippen molar-refractivity contribution >= 4 is 5.91 Å². The molecule has 0 aromatic rings. The molecule has 0 aromatic carbocycles. The summed E-state index contributed by atoms with van der Waals surface area (Å²) < 4.78 is 85.9. The van der Waals surface area contributed by atoms with E-state index in [1.165, 1.54) is 0 Å². The van der Waals surface area contributed by atoms with Crippen LogP contribution >= 0.6 is 0 Å². The minimum atomic E-state index is -5.52. The molecule has 1 amide bonds. The summed E-state index contributed by atoms with van der Waals surface area (Å²) in [4.78, 5) is 15.9. The molecule has 1 aliphatic carbocycles. The van der Waals surface area contributed by atoms with Crippen molar-refractivity contribution in [3.05, 3.63) is 11.8 Å². The zero-order valence-corrected chi connectivity index (χ0v) is 18.9. The van der Waals surface area contributed by atoms with Crippen LogP contribution in [0.3, 0.4) is 0 Å². The van der Waals surface area contributed by atoms with E-state index in [-0.39, 0.29) is 30.0 Å². The summed E-state index contributed by atoms with van der Waals surface area (Å²) in [6, 6.07) is 0. The molecule has 2 aliphatic heterocycles. The maximum Gasteiger partial charge on any atom is 0.406 e. The third-order valence-corrected chi connectivity index (χ3v) is 7.96. The second-order valence-corrected chi connectivity index (χ2v) is 10.1. The van der Waals surface area contributed by atoms with Gasteiger partial charge >= 0.3 is 12.4 Å². The maximum absolute atomic E-state index is 14.3. The summed E-state index contributed by atoms with van der Waals surface area (Å²) in [5.74, 6) is -1.20. The van der Waals surface area contributed by atoms with E-state index in [9.17, 15) is 31.1 Å². The van der Waals surface area contributed by atoms with E-state index in [4.69, 9.17) is 0 Å². The second-order valence-electron chi connectivity index (χ2n) is 10.1. The standard InChI is InChI=1S/C22H33F6N3O/c1-15(32)29-18-12-19(16-4-8-30(2)9-5-16,17-6-10-31(3)11-7-17)14-20(13-18,21(23,24)25)22(26,27)28/h13,16-17H,4-12,14H2,1-3H3,(H,29,32). The normalized spacial score (nSPS) is 26.6. The first-order valence-corrected chi connectivity index (χ1v) is 11.2. The molecule has 0 aromatic heterocycles. The van der Waals surface area contributed by atoms with Crippen molar-refractivity contribution in [2.24, 2.45) is 22.7 Å². The summed E-state index contributed by atoms with van der Waals surface area (Å²) >= 11 is 0. The van der Waals surface area contributed by atoms with Gasteiger partial charge in [-0.2, -0.15) is 26.3 Å². The van der Waals surface area contributed by atoms with Crippen LogP contribution in [0.1, 0.15) is 45.4 Å². The van der Waals surface area contributed by atoms with Gasteiger partial charge in [0, 0.05) is 12.6 Å². The van der Waals surface area contributed by atoms with Gasteiger partial charge in [0.05, 0.1) is 0 Å². The number of nitrogens with one attached hydrogen (secondary N) is 1. The summed E-state index contributed by atoms with van der Waals surface area (Å²) in [6.07, 6.45) is -9.50. The Morgan fingerprint density at radius 3 is 1.66 bits per heavy atom. The molecular formula is C22H33F6N3O. The smallest absolute Gasteiger partial charge is 0.330 e. The molecule has 4 nitrogen and oxygen atoms in total. The predicted octanol–water partition coefficient (Wildman–Crippen LogP) is 4.58. The summed E-state index contributed by atoms with van der Waals surface area (Å²) in [5.41, 5.74) is -5.39. The summed E-state index contributed by atoms with van der Waals surface area (Å²) in [6.45, 7) is 3.68. The molecule has 0 saturated carbocycles. The van der Waals surface area contributed by atoms with Crippen LogP contribution in [0.15, 0.2) is 11.8 Å². The first kappa shape index (κ1) is 25.3. The van der Waals surface area contributed by atoms with Crippen molar-refractivity contribution in [2.45, 2.75) is 57.8 Å². The lowest BCUT2D eigenvalue weighted by molar-refractivity contribution is -0.337. The molecule has 1 N–H and O–H groups in total. The highest BCUT2D eigenvalue weighted by atomic mass is 19.4. The monoisotopic (exact) mass is 469 g/mol. The zero-order valence-electron chi connectivity index (χ0n) is 18.9. The molecular weight excluding hydrogens is 436 g/mol. The number of carbonyl (C=O) groups excluding carboxylic acids is 1. The van der Waals surface area contributed by atoms with Crippen LogP contribution < -0.4 is 5.32 Å². The fraction of sp³-hybridized carbons (Fsp3) is 0.864. The highest BCUT2D eigenvalue weighted by Gasteiger charge is 2.73. The van der Waals surface area contributed by atoms with Gasteiger partial charge in [-0.3, -0.25) is 4.79 Å². The largest absolute Gasteiger partial charge is 0.406 e. The van der Waals surface area contributed by atoms with E-state index in [0.717, 1.165) is 6.92 Å². The van der Waals surface area contributed by atoms with E-state index in [1.807, 2.05) is 14.1 Å². The average Bonchev–Trinajstić information content (AvgIpc) is 2.66. The van der Waals surface area contributed by atoms with Gasteiger partial charge in [-0.15, -0.1) is 0 Å². The third-order valence-electron chi connectivity index (χ3n) is 7.96. The molecule has 3 aliphatic rings. The van der Waals surface area contributed by atoms with E-state index in [2.05, 4.69) is 15.1 Å². The van der Waals surface area contributed by atoms with Crippen LogP contribution in [0.5, 0.6) is 0 Å². The van der Waals surface area contributed by atoms with Crippen LogP contribution in [0.2, 0.25) is 0 Å². The fourth-order valence-electron chi connectivity index (χ4n) is 6.24. The number of allylic oxidation sites excluding steroid dienone is 2. The molecule has 32 heavy (non-hydrogen) atoms. The quantitative estimate of drug-likeness (QED) is 0.615. The number of nitrogens with zero attached hydrogens (tertiary/aromatic N) is 2. The van der Waals surface area contributed by atoms with Gasteiger partial charge < -0.3 is 15.1 Å². The predicted molar refractivity (Wildman–Crippen MR) is 109 cm³/mol. The molecule has 2 heterocycles. The van der Waals surface area contributed by atoms with Crippen LogP contribution in [-0.2, 0) is 4.79 Å². The molecule has 10 heteroatoms. The van der Waals surface area contributed by atoms with Crippen molar-refractivity contribution < 1.29 is 31.1 Å². The highest BCUT2D eigenvalue weighted by Crippen LogP contribution is 2.65. The SMILES string of the molecule is CC(=O)NC1=CC(C(F)(F)F)(C(F)(F)F)CC(C2CCN(C)CC2)(C2CCN(C)CC2)C1. The Balaban J connectivity index is 2.16. The topological polar surface area (TPSA) is 35.6 Å². The highest BCUT2D eigenvalue weighted by molar-refractivity contribution is 5.75. The Morgan fingerprint density at radius 2 is 1.31 bits per heavy atom. The number of hydrogen-bond donors (Lipinski definition) is 1. The van der Waals surface area contributed by atoms with Crippen molar-refractivity contribution in [3.63, 3.8) is 0 Å². The van der Waals surface area contributed by atoms with Crippen LogP contribution in [-0.4, -0.2) is 68.3 Å². The Hall–Kier alpha value is -1.29. The molecule has 2 saturated heterocycles. The maximum atomic E-state index is 14.3. The number of hydrogen-bond acceptors (Lipinski definition) is 3. The van der Waals surface area contributed by atoms with Crippen molar-refractivity contribution in [2.75, 3.05) is 40.3 Å². The Bertz CT molecular complexity index is 680. The number of rotatable bonds is 3. The van der Waals surface area contributed by atoms with E-state index in [0.29, 0.717) is 51.9 Å². The van der Waals surface area contributed by atoms with Crippen molar-refractivity contribution in [1.82, 2.24) is 15.1 Å². The minimum absolute atomic E-state index is 0.0449. The number of piperidine rings is 2. The van der Waals surface area contributed by atoms with Gasteiger partial charge in [-0.25, -0.2) is 0 Å². The average molecular weight is 470 g/mol. The van der Waals surface area contributed by atoms with Gasteiger partial charge in [-0.1, -0.05) is 0 Å². The van der Waals surface area contributed by atoms with Gasteiger partial charge in [0.15, 0.2) is 5.41 Å². The minimum Gasteiger partial charge on any atom is -0.330 e. The Morgan fingerprint density at radius 1 is 0.906 bits per heavy atom. The van der Waals surface area contributed by atoms with Crippen LogP contribution in [0, 0.1) is 22.7 Å². The Labute approximate surface area is 185 Å². The van der Waals surface area contributed by atoms with Gasteiger partial charge in [0.25, 0.3) is 0 Å². The lowest BCUT2D eigenvalue weighted by atomic mass is 9.51. The summed E-state index contributed by atoms with van der Waals surface area (Å²) in [7, 11) is 3.83. The molecule has 3 rings (SSSR count). The van der Waals surface area contributed by atoms with Crippen molar-refractivity contribution in [3.8, 4) is 0 Å². The van der Waals surface area contributed by atoms with Gasteiger partial charge in [0.1, 0.15) is 0 Å². The number of carbonyl (C=O) groups is 1. The molecule has 0 unspecified atom stereocenters. The number of halogens is 6.